The first-order valence-electron chi connectivity index (χ1n) is 6.69. The molecule has 2 aromatic rings. The Balaban J connectivity index is 0.00000121. The van der Waals surface area contributed by atoms with Gasteiger partial charge in [0.2, 0.25) is 0 Å². The van der Waals surface area contributed by atoms with Crippen molar-refractivity contribution >= 4 is 52.1 Å². The third-order valence-electron chi connectivity index (χ3n) is 3.59. The van der Waals surface area contributed by atoms with E-state index in [4.69, 9.17) is 0 Å². The molecule has 1 aliphatic heterocycles. The highest BCUT2D eigenvalue weighted by molar-refractivity contribution is 9.10. The molecular formula is C15H18BrCl2FN2S. The number of nitrogens with one attached hydrogen (secondary N) is 1. The minimum atomic E-state index is -0.209. The van der Waals surface area contributed by atoms with Crippen LogP contribution in [-0.2, 0) is 0 Å². The predicted molar refractivity (Wildman–Crippen MR) is 99.2 cm³/mol. The van der Waals surface area contributed by atoms with Crippen molar-refractivity contribution in [3.63, 3.8) is 0 Å². The van der Waals surface area contributed by atoms with Crippen molar-refractivity contribution in [2.75, 3.05) is 26.2 Å². The van der Waals surface area contributed by atoms with Gasteiger partial charge in [0.1, 0.15) is 5.82 Å². The summed E-state index contributed by atoms with van der Waals surface area (Å²) in [5, 5.41) is 5.48. The van der Waals surface area contributed by atoms with Gasteiger partial charge >= 0.3 is 0 Å². The lowest BCUT2D eigenvalue weighted by molar-refractivity contribution is 0.200. The van der Waals surface area contributed by atoms with Crippen LogP contribution in [0.25, 0.3) is 0 Å². The van der Waals surface area contributed by atoms with Crippen LogP contribution in [0.4, 0.5) is 4.39 Å². The smallest absolute Gasteiger partial charge is 0.137 e. The summed E-state index contributed by atoms with van der Waals surface area (Å²) in [6.07, 6.45) is 0. The van der Waals surface area contributed by atoms with E-state index in [0.29, 0.717) is 4.47 Å². The third-order valence-corrected chi connectivity index (χ3v) is 5.12. The molecule has 0 amide bonds. The van der Waals surface area contributed by atoms with Crippen LogP contribution in [0.5, 0.6) is 0 Å². The Labute approximate surface area is 155 Å². The number of hydrogen-bond acceptors (Lipinski definition) is 3. The number of halogens is 4. The molecule has 1 saturated heterocycles. The first-order valence-corrected chi connectivity index (χ1v) is 8.36. The molecule has 0 unspecified atom stereocenters. The van der Waals surface area contributed by atoms with Gasteiger partial charge < -0.3 is 5.32 Å². The van der Waals surface area contributed by atoms with Crippen LogP contribution in [0.15, 0.2) is 40.2 Å². The van der Waals surface area contributed by atoms with E-state index in [0.717, 1.165) is 31.7 Å². The van der Waals surface area contributed by atoms with Crippen LogP contribution in [0.1, 0.15) is 16.5 Å². The largest absolute Gasteiger partial charge is 0.314 e. The number of hydrogen-bond donors (Lipinski definition) is 1. The fourth-order valence-corrected chi connectivity index (χ4v) is 3.91. The maximum atomic E-state index is 13.5. The molecule has 1 atom stereocenters. The summed E-state index contributed by atoms with van der Waals surface area (Å²) in [5.74, 6) is -0.209. The lowest BCUT2D eigenvalue weighted by atomic mass is 10.0. The molecule has 2 nitrogen and oxygen atoms in total. The molecular weight excluding hydrogens is 410 g/mol. The molecule has 1 fully saturated rings. The Bertz CT molecular complexity index is 577. The van der Waals surface area contributed by atoms with E-state index in [1.54, 1.807) is 17.4 Å². The molecule has 3 rings (SSSR count). The summed E-state index contributed by atoms with van der Waals surface area (Å²) < 4.78 is 14.0. The Morgan fingerprint density at radius 3 is 2.50 bits per heavy atom. The van der Waals surface area contributed by atoms with Crippen molar-refractivity contribution in [1.82, 2.24) is 10.2 Å². The molecule has 1 aliphatic rings. The average Bonchev–Trinajstić information content (AvgIpc) is 2.98. The zero-order valence-corrected chi connectivity index (χ0v) is 15.8. The zero-order chi connectivity index (χ0) is 13.9. The second-order valence-electron chi connectivity index (χ2n) is 4.88. The Morgan fingerprint density at radius 2 is 1.91 bits per heavy atom. The van der Waals surface area contributed by atoms with E-state index < -0.39 is 0 Å². The highest BCUT2D eigenvalue weighted by atomic mass is 79.9. The minimum absolute atomic E-state index is 0. The van der Waals surface area contributed by atoms with Crippen molar-refractivity contribution in [3.05, 3.63) is 56.4 Å². The van der Waals surface area contributed by atoms with Crippen molar-refractivity contribution in [3.8, 4) is 0 Å². The fourth-order valence-electron chi connectivity index (χ4n) is 2.62. The SMILES string of the molecule is Cl.Cl.Fc1ccc([C@@H](c2cccs2)N2CCNCC2)cc1Br. The quantitative estimate of drug-likeness (QED) is 0.776. The second kappa shape index (κ2) is 9.21. The topological polar surface area (TPSA) is 15.3 Å². The molecule has 0 aliphatic carbocycles. The van der Waals surface area contributed by atoms with Gasteiger partial charge in [-0.2, -0.15) is 0 Å². The van der Waals surface area contributed by atoms with E-state index in [-0.39, 0.29) is 36.7 Å². The monoisotopic (exact) mass is 426 g/mol. The second-order valence-corrected chi connectivity index (χ2v) is 6.71. The van der Waals surface area contributed by atoms with Crippen LogP contribution in [0.3, 0.4) is 0 Å². The molecule has 1 aromatic heterocycles. The lowest BCUT2D eigenvalue weighted by Crippen LogP contribution is -2.45. The standard InChI is InChI=1S/C15H16BrFN2S.2ClH/c16-12-10-11(3-4-13(12)17)15(14-2-1-9-20-14)19-7-5-18-6-8-19;;/h1-4,9-10,15,18H,5-8H2;2*1H/t15-;;/m0../s1. The summed E-state index contributed by atoms with van der Waals surface area (Å²) in [4.78, 5) is 3.77. The van der Waals surface area contributed by atoms with Crippen LogP contribution >= 0.6 is 52.1 Å². The van der Waals surface area contributed by atoms with E-state index in [2.05, 4.69) is 43.7 Å². The van der Waals surface area contributed by atoms with Gasteiger partial charge in [0.05, 0.1) is 10.5 Å². The van der Waals surface area contributed by atoms with E-state index in [1.807, 2.05) is 12.1 Å². The Morgan fingerprint density at radius 1 is 1.18 bits per heavy atom. The van der Waals surface area contributed by atoms with Gasteiger partial charge in [-0.3, -0.25) is 4.90 Å². The molecule has 22 heavy (non-hydrogen) atoms. The van der Waals surface area contributed by atoms with Crippen molar-refractivity contribution in [2.45, 2.75) is 6.04 Å². The number of thiophene rings is 1. The average molecular weight is 428 g/mol. The number of rotatable bonds is 3. The summed E-state index contributed by atoms with van der Waals surface area (Å²) in [6.45, 7) is 4.03. The highest BCUT2D eigenvalue weighted by Crippen LogP contribution is 2.33. The molecule has 7 heteroatoms. The Kier molecular flexibility index (Phi) is 8.32. The Hall–Kier alpha value is -0.170. The van der Waals surface area contributed by atoms with Gasteiger partial charge in [0, 0.05) is 31.1 Å². The van der Waals surface area contributed by atoms with Gasteiger partial charge in [-0.25, -0.2) is 4.39 Å². The molecule has 0 spiro atoms. The molecule has 1 N–H and O–H groups in total. The van der Waals surface area contributed by atoms with Gasteiger partial charge in [0.25, 0.3) is 0 Å². The molecule has 122 valence electrons. The first-order chi connectivity index (χ1) is 9.75. The molecule has 2 heterocycles. The minimum Gasteiger partial charge on any atom is -0.314 e. The van der Waals surface area contributed by atoms with Gasteiger partial charge in [-0.05, 0) is 45.1 Å². The van der Waals surface area contributed by atoms with Gasteiger partial charge in [-0.1, -0.05) is 12.1 Å². The highest BCUT2D eigenvalue weighted by Gasteiger charge is 2.25. The summed E-state index contributed by atoms with van der Waals surface area (Å²) in [6, 6.07) is 9.80. The van der Waals surface area contributed by atoms with E-state index >= 15 is 0 Å². The summed E-state index contributed by atoms with van der Waals surface area (Å²) in [7, 11) is 0. The summed E-state index contributed by atoms with van der Waals surface area (Å²) in [5.41, 5.74) is 1.14. The van der Waals surface area contributed by atoms with Crippen molar-refractivity contribution in [1.29, 1.82) is 0 Å². The normalized spacial score (nSPS) is 16.5. The molecule has 0 bridgehead atoms. The lowest BCUT2D eigenvalue weighted by Gasteiger charge is -2.34. The molecule has 1 aromatic carbocycles. The number of nitrogens with zero attached hydrogens (tertiary/aromatic N) is 1. The fraction of sp³-hybridized carbons (Fsp3) is 0.333. The van der Waals surface area contributed by atoms with Crippen molar-refractivity contribution < 1.29 is 4.39 Å². The van der Waals surface area contributed by atoms with Crippen LogP contribution < -0.4 is 5.32 Å². The zero-order valence-electron chi connectivity index (χ0n) is 11.8. The maximum Gasteiger partial charge on any atom is 0.137 e. The third kappa shape index (κ3) is 4.43. The number of benzene rings is 1. The summed E-state index contributed by atoms with van der Waals surface area (Å²) >= 11 is 5.06. The maximum absolute atomic E-state index is 13.5. The van der Waals surface area contributed by atoms with Crippen LogP contribution in [0.2, 0.25) is 0 Å². The van der Waals surface area contributed by atoms with E-state index in [9.17, 15) is 4.39 Å². The van der Waals surface area contributed by atoms with E-state index in [1.165, 1.54) is 4.88 Å². The first kappa shape index (κ1) is 19.9. The van der Waals surface area contributed by atoms with Crippen LogP contribution in [0, 0.1) is 5.82 Å². The van der Waals surface area contributed by atoms with Crippen LogP contribution in [-0.4, -0.2) is 31.1 Å². The predicted octanol–water partition coefficient (Wildman–Crippen LogP) is 4.49. The van der Waals surface area contributed by atoms with Crippen molar-refractivity contribution in [2.24, 2.45) is 0 Å². The number of piperazine rings is 1. The van der Waals surface area contributed by atoms with Gasteiger partial charge in [-0.15, -0.1) is 36.2 Å². The molecule has 0 saturated carbocycles. The van der Waals surface area contributed by atoms with Gasteiger partial charge in [0.15, 0.2) is 0 Å². The molecule has 0 radical (unpaired) electrons.